The Bertz CT molecular complexity index is 2750. The number of rotatable bonds is 8. The van der Waals surface area contributed by atoms with Crippen LogP contribution >= 0.6 is 0 Å². The highest BCUT2D eigenvalue weighted by molar-refractivity contribution is 6.34. The largest absolute Gasteiger partial charge is 0.0622 e. The van der Waals surface area contributed by atoms with E-state index in [-0.39, 0.29) is 5.41 Å². The first-order valence-electron chi connectivity index (χ1n) is 21.6. The van der Waals surface area contributed by atoms with Gasteiger partial charge in [0.25, 0.3) is 0 Å². The third kappa shape index (κ3) is 6.96. The minimum atomic E-state index is 0.0473. The van der Waals surface area contributed by atoms with Crippen molar-refractivity contribution in [3.8, 4) is 44.5 Å². The summed E-state index contributed by atoms with van der Waals surface area (Å²) in [7, 11) is 0. The van der Waals surface area contributed by atoms with E-state index in [9.17, 15) is 0 Å². The Kier molecular flexibility index (Phi) is 10.4. The first kappa shape index (κ1) is 39.4. The predicted molar refractivity (Wildman–Crippen MR) is 256 cm³/mol. The second kappa shape index (κ2) is 15.4. The van der Waals surface area contributed by atoms with Gasteiger partial charge in [-0.25, -0.2) is 0 Å². The molecule has 58 heavy (non-hydrogen) atoms. The summed E-state index contributed by atoms with van der Waals surface area (Å²) in [5.41, 5.74) is 17.2. The first-order valence-corrected chi connectivity index (χ1v) is 21.6. The van der Waals surface area contributed by atoms with Gasteiger partial charge in [-0.05, 0) is 146 Å². The summed E-state index contributed by atoms with van der Waals surface area (Å²) in [4.78, 5) is 0. The zero-order valence-electron chi connectivity index (χ0n) is 36.6. The molecule has 8 rings (SSSR count). The van der Waals surface area contributed by atoms with Crippen molar-refractivity contribution in [3.05, 3.63) is 167 Å². The van der Waals surface area contributed by atoms with E-state index in [1.165, 1.54) is 105 Å². The van der Waals surface area contributed by atoms with Crippen LogP contribution in [0.1, 0.15) is 128 Å². The van der Waals surface area contributed by atoms with E-state index in [2.05, 4.69) is 216 Å². The van der Waals surface area contributed by atoms with E-state index in [0.717, 1.165) is 0 Å². The van der Waals surface area contributed by atoms with Crippen LogP contribution in [0, 0.1) is 0 Å². The van der Waals surface area contributed by atoms with Gasteiger partial charge < -0.3 is 0 Å². The van der Waals surface area contributed by atoms with Gasteiger partial charge in [-0.2, -0.15) is 0 Å². The Morgan fingerprint density at radius 1 is 0.328 bits per heavy atom. The fourth-order valence-electron chi connectivity index (χ4n) is 9.26. The highest BCUT2D eigenvalue weighted by Gasteiger charge is 2.28. The second-order valence-electron chi connectivity index (χ2n) is 18.9. The topological polar surface area (TPSA) is 0 Å². The van der Waals surface area contributed by atoms with Gasteiger partial charge in [0.15, 0.2) is 0 Å². The Hall–Kier alpha value is -5.46. The lowest BCUT2D eigenvalue weighted by Gasteiger charge is -2.28. The van der Waals surface area contributed by atoms with Crippen LogP contribution in [0.5, 0.6) is 0 Å². The average molecular weight is 757 g/mol. The molecule has 292 valence electrons. The Morgan fingerprint density at radius 2 is 0.690 bits per heavy atom. The molecule has 8 aromatic carbocycles. The summed E-state index contributed by atoms with van der Waals surface area (Å²) in [5, 5.41) is 7.88. The zero-order valence-corrected chi connectivity index (χ0v) is 36.6. The van der Waals surface area contributed by atoms with Crippen LogP contribution in [-0.4, -0.2) is 0 Å². The molecule has 8 aromatic rings. The Balaban J connectivity index is 1.76. The number of fused-ring (bicyclic) bond motifs is 3. The van der Waals surface area contributed by atoms with Crippen LogP contribution in [0.15, 0.2) is 140 Å². The summed E-state index contributed by atoms with van der Waals surface area (Å²) in [6.45, 7) is 25.6. The Labute approximate surface area is 348 Å². The lowest BCUT2D eigenvalue weighted by atomic mass is 9.75. The molecule has 0 aliphatic carbocycles. The number of hydrogen-bond donors (Lipinski definition) is 0. The summed E-state index contributed by atoms with van der Waals surface area (Å²) in [6.07, 6.45) is 0. The molecule has 0 fully saturated rings. The number of hydrogen-bond acceptors (Lipinski definition) is 0. The molecule has 0 aliphatic heterocycles. The molecule has 0 heteroatoms. The quantitative estimate of drug-likeness (QED) is 0.135. The van der Waals surface area contributed by atoms with Crippen LogP contribution in [-0.2, 0) is 5.41 Å². The zero-order chi connectivity index (χ0) is 41.0. The minimum Gasteiger partial charge on any atom is -0.0622 e. The van der Waals surface area contributed by atoms with Crippen LogP contribution in [0.3, 0.4) is 0 Å². The SMILES string of the molecule is CC(C)c1ccc(-c2c3cc(C(C)C)ccc3c(-c3ccccc3)c3c(-c4ccc(C(C)(C)C)cc4)c4cc(C(C)C)c(C(C)C)cc4c(-c4ccccc4)c23)cc1. The van der Waals surface area contributed by atoms with E-state index in [4.69, 9.17) is 0 Å². The van der Waals surface area contributed by atoms with Crippen LogP contribution in [0.25, 0.3) is 76.8 Å². The summed E-state index contributed by atoms with van der Waals surface area (Å²) < 4.78 is 0. The van der Waals surface area contributed by atoms with Gasteiger partial charge in [-0.15, -0.1) is 0 Å². The normalized spacial score (nSPS) is 12.3. The van der Waals surface area contributed by atoms with Crippen molar-refractivity contribution < 1.29 is 0 Å². The molecule has 0 aromatic heterocycles. The molecule has 0 N–H and O–H groups in total. The molecule has 0 atom stereocenters. The smallest absolute Gasteiger partial charge is 0.000139 e. The van der Waals surface area contributed by atoms with Crippen molar-refractivity contribution in [1.82, 2.24) is 0 Å². The standard InChI is InChI=1S/C58H60/c1-35(2)39-22-24-42(25-23-39)54-49-32-44(36(3)4)28-31-46(49)52(40-18-14-12-15-19-40)56-55(43-26-29-45(30-27-43)58(9,10)11)51-34-48(38(7)8)47(37(5)6)33-50(51)53(57(54)56)41-20-16-13-17-21-41/h12-38H,1-11H3. The van der Waals surface area contributed by atoms with Gasteiger partial charge in [-0.3, -0.25) is 0 Å². The van der Waals surface area contributed by atoms with Crippen LogP contribution < -0.4 is 0 Å². The van der Waals surface area contributed by atoms with Crippen molar-refractivity contribution >= 4 is 32.3 Å². The second-order valence-corrected chi connectivity index (χ2v) is 18.9. The third-order valence-corrected chi connectivity index (χ3v) is 12.5. The average Bonchev–Trinajstić information content (AvgIpc) is 3.21. The number of benzene rings is 8. The predicted octanol–water partition coefficient (Wildman–Crippen LogP) is 17.6. The lowest BCUT2D eigenvalue weighted by Crippen LogP contribution is -2.10. The lowest BCUT2D eigenvalue weighted by molar-refractivity contribution is 0.590. The molecule has 0 spiro atoms. The summed E-state index contributed by atoms with van der Waals surface area (Å²) in [5.74, 6) is 1.60. The van der Waals surface area contributed by atoms with E-state index in [0.29, 0.717) is 23.7 Å². The van der Waals surface area contributed by atoms with E-state index in [1.54, 1.807) is 0 Å². The van der Waals surface area contributed by atoms with E-state index < -0.39 is 0 Å². The van der Waals surface area contributed by atoms with Gasteiger partial charge in [0.1, 0.15) is 0 Å². The van der Waals surface area contributed by atoms with Gasteiger partial charge in [-0.1, -0.05) is 204 Å². The molecule has 0 amide bonds. The molecule has 0 radical (unpaired) electrons. The van der Waals surface area contributed by atoms with Crippen LogP contribution in [0.4, 0.5) is 0 Å². The van der Waals surface area contributed by atoms with Crippen molar-refractivity contribution in [2.45, 2.75) is 105 Å². The molecule has 0 nitrogen and oxygen atoms in total. The Morgan fingerprint density at radius 3 is 1.09 bits per heavy atom. The summed E-state index contributed by atoms with van der Waals surface area (Å²) >= 11 is 0. The molecular weight excluding hydrogens is 697 g/mol. The van der Waals surface area contributed by atoms with Gasteiger partial charge in [0.05, 0.1) is 0 Å². The molecule has 0 saturated heterocycles. The maximum atomic E-state index is 2.58. The van der Waals surface area contributed by atoms with E-state index in [1.807, 2.05) is 0 Å². The fraction of sp³-hybridized carbons (Fsp3) is 0.276. The molecular formula is C58H60. The van der Waals surface area contributed by atoms with Crippen molar-refractivity contribution in [3.63, 3.8) is 0 Å². The summed E-state index contributed by atoms with van der Waals surface area (Å²) in [6, 6.07) is 54.0. The molecule has 0 saturated carbocycles. The van der Waals surface area contributed by atoms with Crippen LogP contribution in [0.2, 0.25) is 0 Å². The third-order valence-electron chi connectivity index (χ3n) is 12.5. The molecule has 0 heterocycles. The van der Waals surface area contributed by atoms with Crippen molar-refractivity contribution in [2.24, 2.45) is 0 Å². The first-order chi connectivity index (χ1) is 27.7. The van der Waals surface area contributed by atoms with Crippen molar-refractivity contribution in [1.29, 1.82) is 0 Å². The minimum absolute atomic E-state index is 0.0473. The van der Waals surface area contributed by atoms with E-state index >= 15 is 0 Å². The van der Waals surface area contributed by atoms with Gasteiger partial charge >= 0.3 is 0 Å². The van der Waals surface area contributed by atoms with Gasteiger partial charge in [0.2, 0.25) is 0 Å². The van der Waals surface area contributed by atoms with Crippen molar-refractivity contribution in [2.75, 3.05) is 0 Å². The fourth-order valence-corrected chi connectivity index (χ4v) is 9.26. The molecule has 0 aliphatic rings. The monoisotopic (exact) mass is 756 g/mol. The molecule has 0 bridgehead atoms. The maximum Gasteiger partial charge on any atom is -0.000139 e. The van der Waals surface area contributed by atoms with Gasteiger partial charge in [0, 0.05) is 0 Å². The molecule has 0 unspecified atom stereocenters. The highest BCUT2D eigenvalue weighted by Crippen LogP contribution is 2.55. The maximum absolute atomic E-state index is 2.58. The highest BCUT2D eigenvalue weighted by atomic mass is 14.3.